The number of hydrogen-bond acceptors (Lipinski definition) is 5. The molecule has 1 fully saturated rings. The standard InChI is InChI=1S/C17H26N2O3S/c1-12(2)19(16(20)9-8-13-6-4-5-7-13)10-15-18-14(11-23-15)17(21)22-3/h11-13H,4-10H2,1-3H3. The molecule has 0 saturated heterocycles. The fourth-order valence-electron chi connectivity index (χ4n) is 3.06. The minimum absolute atomic E-state index is 0.122. The molecular formula is C17H26N2O3S. The first-order valence-corrected chi connectivity index (χ1v) is 9.21. The van der Waals surface area contributed by atoms with Crippen molar-refractivity contribution in [1.82, 2.24) is 9.88 Å². The van der Waals surface area contributed by atoms with Gasteiger partial charge in [-0.15, -0.1) is 11.3 Å². The van der Waals surface area contributed by atoms with Gasteiger partial charge in [0.05, 0.1) is 13.7 Å². The van der Waals surface area contributed by atoms with E-state index < -0.39 is 5.97 Å². The third kappa shape index (κ3) is 5.03. The molecule has 2 rings (SSSR count). The Hall–Kier alpha value is -1.43. The molecule has 0 aromatic carbocycles. The van der Waals surface area contributed by atoms with E-state index in [0.717, 1.165) is 17.3 Å². The first-order chi connectivity index (χ1) is 11.0. The van der Waals surface area contributed by atoms with Crippen molar-refractivity contribution in [2.75, 3.05) is 7.11 Å². The van der Waals surface area contributed by atoms with E-state index in [1.165, 1.54) is 44.1 Å². The Labute approximate surface area is 142 Å². The molecule has 0 spiro atoms. The highest BCUT2D eigenvalue weighted by Crippen LogP contribution is 2.29. The molecular weight excluding hydrogens is 312 g/mol. The lowest BCUT2D eigenvalue weighted by atomic mass is 10.0. The molecule has 1 amide bonds. The third-order valence-corrected chi connectivity index (χ3v) is 5.27. The van der Waals surface area contributed by atoms with Crippen LogP contribution in [0.15, 0.2) is 5.38 Å². The number of aromatic nitrogens is 1. The van der Waals surface area contributed by atoms with Crippen LogP contribution in [0.3, 0.4) is 0 Å². The summed E-state index contributed by atoms with van der Waals surface area (Å²) < 4.78 is 4.67. The maximum absolute atomic E-state index is 12.6. The molecule has 0 aliphatic heterocycles. The van der Waals surface area contributed by atoms with Gasteiger partial charge in [0.25, 0.3) is 0 Å². The van der Waals surface area contributed by atoms with Crippen molar-refractivity contribution in [1.29, 1.82) is 0 Å². The van der Waals surface area contributed by atoms with Crippen LogP contribution in [-0.4, -0.2) is 34.9 Å². The number of esters is 1. The summed E-state index contributed by atoms with van der Waals surface area (Å²) in [7, 11) is 1.34. The molecule has 6 heteroatoms. The Bertz CT molecular complexity index is 536. The van der Waals surface area contributed by atoms with Gasteiger partial charge in [-0.2, -0.15) is 0 Å². The summed E-state index contributed by atoms with van der Waals surface area (Å²) >= 11 is 1.39. The molecule has 128 valence electrons. The van der Waals surface area contributed by atoms with Crippen molar-refractivity contribution in [2.24, 2.45) is 5.92 Å². The minimum atomic E-state index is -0.434. The van der Waals surface area contributed by atoms with E-state index in [1.807, 2.05) is 18.7 Å². The molecule has 1 heterocycles. The first kappa shape index (κ1) is 17.9. The Balaban J connectivity index is 1.93. The van der Waals surface area contributed by atoms with Crippen LogP contribution >= 0.6 is 11.3 Å². The number of methoxy groups -OCH3 is 1. The van der Waals surface area contributed by atoms with E-state index >= 15 is 0 Å². The van der Waals surface area contributed by atoms with Crippen LogP contribution in [0.4, 0.5) is 0 Å². The van der Waals surface area contributed by atoms with E-state index in [1.54, 1.807) is 5.38 Å². The van der Waals surface area contributed by atoms with E-state index in [2.05, 4.69) is 9.72 Å². The molecule has 0 N–H and O–H groups in total. The highest BCUT2D eigenvalue weighted by atomic mass is 32.1. The van der Waals surface area contributed by atoms with Crippen molar-refractivity contribution in [2.45, 2.75) is 65.0 Å². The van der Waals surface area contributed by atoms with Gasteiger partial charge in [-0.05, 0) is 26.2 Å². The van der Waals surface area contributed by atoms with Gasteiger partial charge in [0.2, 0.25) is 5.91 Å². The summed E-state index contributed by atoms with van der Waals surface area (Å²) in [6, 6.07) is 0.122. The lowest BCUT2D eigenvalue weighted by Gasteiger charge is -2.26. The van der Waals surface area contributed by atoms with Crippen LogP contribution in [0.1, 0.15) is 67.9 Å². The van der Waals surface area contributed by atoms with Gasteiger partial charge in [-0.1, -0.05) is 25.7 Å². The van der Waals surface area contributed by atoms with Gasteiger partial charge in [-0.3, -0.25) is 4.79 Å². The van der Waals surface area contributed by atoms with Gasteiger partial charge in [0.15, 0.2) is 5.69 Å². The molecule has 1 saturated carbocycles. The average molecular weight is 338 g/mol. The quantitative estimate of drug-likeness (QED) is 0.712. The van der Waals surface area contributed by atoms with Crippen molar-refractivity contribution < 1.29 is 14.3 Å². The number of thiazole rings is 1. The molecule has 0 atom stereocenters. The fourth-order valence-corrected chi connectivity index (χ4v) is 3.82. The topological polar surface area (TPSA) is 59.5 Å². The molecule has 0 bridgehead atoms. The predicted molar refractivity (Wildman–Crippen MR) is 90.3 cm³/mol. The lowest BCUT2D eigenvalue weighted by Crippen LogP contribution is -2.36. The second kappa shape index (κ2) is 8.43. The number of amides is 1. The van der Waals surface area contributed by atoms with Crippen molar-refractivity contribution in [3.05, 3.63) is 16.1 Å². The van der Waals surface area contributed by atoms with Crippen molar-refractivity contribution >= 4 is 23.2 Å². The SMILES string of the molecule is COC(=O)c1csc(CN(C(=O)CCC2CCCC2)C(C)C)n1. The van der Waals surface area contributed by atoms with Gasteiger partial charge in [-0.25, -0.2) is 9.78 Å². The summed E-state index contributed by atoms with van der Waals surface area (Å²) in [6.45, 7) is 4.49. The van der Waals surface area contributed by atoms with E-state index in [0.29, 0.717) is 18.7 Å². The maximum atomic E-state index is 12.6. The second-order valence-electron chi connectivity index (χ2n) is 6.42. The number of carbonyl (C=O) groups is 2. The summed E-state index contributed by atoms with van der Waals surface area (Å²) in [6.07, 6.45) is 6.75. The van der Waals surface area contributed by atoms with E-state index in [-0.39, 0.29) is 11.9 Å². The largest absolute Gasteiger partial charge is 0.464 e. The molecule has 1 aliphatic carbocycles. The highest BCUT2D eigenvalue weighted by molar-refractivity contribution is 7.09. The molecule has 5 nitrogen and oxygen atoms in total. The zero-order chi connectivity index (χ0) is 16.8. The average Bonchev–Trinajstić information content (AvgIpc) is 3.20. The molecule has 1 aliphatic rings. The van der Waals surface area contributed by atoms with Gasteiger partial charge in [0, 0.05) is 17.8 Å². The second-order valence-corrected chi connectivity index (χ2v) is 7.37. The van der Waals surface area contributed by atoms with Crippen molar-refractivity contribution in [3.8, 4) is 0 Å². The maximum Gasteiger partial charge on any atom is 0.357 e. The normalized spacial score (nSPS) is 15.1. The third-order valence-electron chi connectivity index (χ3n) is 4.44. The van der Waals surface area contributed by atoms with Gasteiger partial charge >= 0.3 is 5.97 Å². The molecule has 1 aromatic heterocycles. The monoisotopic (exact) mass is 338 g/mol. The molecule has 0 radical (unpaired) electrons. The number of carbonyl (C=O) groups excluding carboxylic acids is 2. The number of rotatable bonds is 7. The number of hydrogen-bond donors (Lipinski definition) is 0. The predicted octanol–water partition coefficient (Wildman–Crippen LogP) is 3.64. The highest BCUT2D eigenvalue weighted by Gasteiger charge is 2.22. The zero-order valence-corrected chi connectivity index (χ0v) is 15.0. The van der Waals surface area contributed by atoms with Gasteiger partial charge < -0.3 is 9.64 Å². The van der Waals surface area contributed by atoms with Crippen LogP contribution in [0, 0.1) is 5.92 Å². The first-order valence-electron chi connectivity index (χ1n) is 8.33. The van der Waals surface area contributed by atoms with Crippen LogP contribution in [-0.2, 0) is 16.1 Å². The Kier molecular flexibility index (Phi) is 6.57. The molecule has 1 aromatic rings. The Morgan fingerprint density at radius 2 is 2.09 bits per heavy atom. The van der Waals surface area contributed by atoms with Crippen LogP contribution in [0.5, 0.6) is 0 Å². The molecule has 0 unspecified atom stereocenters. The lowest BCUT2D eigenvalue weighted by molar-refractivity contribution is -0.133. The minimum Gasteiger partial charge on any atom is -0.464 e. The van der Waals surface area contributed by atoms with Crippen molar-refractivity contribution in [3.63, 3.8) is 0 Å². The smallest absolute Gasteiger partial charge is 0.357 e. The van der Waals surface area contributed by atoms with Crippen LogP contribution in [0.2, 0.25) is 0 Å². The Morgan fingerprint density at radius 1 is 1.39 bits per heavy atom. The summed E-state index contributed by atoms with van der Waals surface area (Å²) in [5, 5.41) is 2.45. The summed E-state index contributed by atoms with van der Waals surface area (Å²) in [5.74, 6) is 0.469. The number of nitrogens with zero attached hydrogens (tertiary/aromatic N) is 2. The van der Waals surface area contributed by atoms with Gasteiger partial charge in [0.1, 0.15) is 5.01 Å². The fraction of sp³-hybridized carbons (Fsp3) is 0.706. The summed E-state index contributed by atoms with van der Waals surface area (Å²) in [5.41, 5.74) is 0.314. The van der Waals surface area contributed by atoms with Crippen LogP contribution in [0.25, 0.3) is 0 Å². The zero-order valence-electron chi connectivity index (χ0n) is 14.2. The van der Waals surface area contributed by atoms with E-state index in [9.17, 15) is 9.59 Å². The summed E-state index contributed by atoms with van der Waals surface area (Å²) in [4.78, 5) is 30.2. The number of ether oxygens (including phenoxy) is 1. The molecule has 23 heavy (non-hydrogen) atoms. The Morgan fingerprint density at radius 3 is 2.70 bits per heavy atom. The van der Waals surface area contributed by atoms with E-state index in [4.69, 9.17) is 0 Å². The van der Waals surface area contributed by atoms with Crippen LogP contribution < -0.4 is 0 Å².